The number of carbonyl (C=O) groups excluding carboxylic acids is 2. The molecule has 0 saturated carbocycles. The lowest BCUT2D eigenvalue weighted by atomic mass is 10.2. The number of nitrogens with one attached hydrogen (secondary N) is 2. The van der Waals surface area contributed by atoms with E-state index in [4.69, 9.17) is 9.47 Å². The van der Waals surface area contributed by atoms with Gasteiger partial charge in [0.2, 0.25) is 11.8 Å². The molecule has 0 fully saturated rings. The number of methoxy groups -OCH3 is 1. The Bertz CT molecular complexity index is 443. The van der Waals surface area contributed by atoms with Crippen molar-refractivity contribution in [3.8, 4) is 0 Å². The maximum Gasteiger partial charge on any atom is 0.250 e. The van der Waals surface area contributed by atoms with Crippen LogP contribution >= 0.6 is 0 Å². The predicted molar refractivity (Wildman–Crippen MR) is 76.7 cm³/mol. The summed E-state index contributed by atoms with van der Waals surface area (Å²) in [4.78, 5) is 22.8. The number of rotatable bonds is 7. The summed E-state index contributed by atoms with van der Waals surface area (Å²) in [5, 5.41) is 5.36. The highest BCUT2D eigenvalue weighted by molar-refractivity contribution is 5.93. The van der Waals surface area contributed by atoms with Gasteiger partial charge in [-0.3, -0.25) is 9.59 Å². The Hall–Kier alpha value is -1.92. The van der Waals surface area contributed by atoms with E-state index in [1.165, 1.54) is 7.11 Å². The quantitative estimate of drug-likeness (QED) is 0.796. The molecule has 2 N–H and O–H groups in total. The molecule has 0 aliphatic rings. The van der Waals surface area contributed by atoms with Gasteiger partial charge in [-0.2, -0.15) is 0 Å². The van der Waals surface area contributed by atoms with Crippen LogP contribution in [-0.4, -0.2) is 38.2 Å². The predicted octanol–water partition coefficient (Wildman–Crippen LogP) is 1.63. The second kappa shape index (κ2) is 8.29. The molecule has 0 atom stereocenters. The number of benzene rings is 1. The van der Waals surface area contributed by atoms with Gasteiger partial charge in [0.1, 0.15) is 13.2 Å². The molecule has 6 nitrogen and oxygen atoms in total. The van der Waals surface area contributed by atoms with Crippen LogP contribution in [0, 0.1) is 0 Å². The number of hydrogen-bond donors (Lipinski definition) is 2. The second-order valence-corrected chi connectivity index (χ2v) is 4.47. The highest BCUT2D eigenvalue weighted by Gasteiger charge is 2.05. The van der Waals surface area contributed by atoms with Crippen molar-refractivity contribution in [2.24, 2.45) is 0 Å². The zero-order valence-corrected chi connectivity index (χ0v) is 11.9. The zero-order chi connectivity index (χ0) is 15.0. The van der Waals surface area contributed by atoms with E-state index >= 15 is 0 Å². The Morgan fingerprint density at radius 3 is 1.85 bits per heavy atom. The van der Waals surface area contributed by atoms with Crippen LogP contribution in [0.15, 0.2) is 24.3 Å². The fraction of sp³-hybridized carbons (Fsp3) is 0.429. The molecular formula is C14H20N2O4. The Kier molecular flexibility index (Phi) is 6.69. The van der Waals surface area contributed by atoms with Gasteiger partial charge in [-0.15, -0.1) is 0 Å². The van der Waals surface area contributed by atoms with Crippen molar-refractivity contribution < 1.29 is 19.1 Å². The SMILES string of the molecule is COCC(=O)Nc1ccc(NC(=O)COC(C)C)cc1. The van der Waals surface area contributed by atoms with Gasteiger partial charge in [0, 0.05) is 18.5 Å². The normalized spacial score (nSPS) is 10.4. The second-order valence-electron chi connectivity index (χ2n) is 4.47. The molecule has 1 rings (SSSR count). The van der Waals surface area contributed by atoms with Crippen LogP contribution < -0.4 is 10.6 Å². The Labute approximate surface area is 118 Å². The summed E-state index contributed by atoms with van der Waals surface area (Å²) in [7, 11) is 1.46. The molecule has 1 aromatic rings. The van der Waals surface area contributed by atoms with Gasteiger partial charge in [0.25, 0.3) is 0 Å². The largest absolute Gasteiger partial charge is 0.375 e. The first-order valence-corrected chi connectivity index (χ1v) is 6.31. The standard InChI is InChI=1S/C14H20N2O4/c1-10(2)20-9-14(18)16-12-6-4-11(5-7-12)15-13(17)8-19-3/h4-7,10H,8-9H2,1-3H3,(H,15,17)(H,16,18). The van der Waals surface area contributed by atoms with Crippen LogP contribution in [-0.2, 0) is 19.1 Å². The molecule has 0 spiro atoms. The fourth-order valence-corrected chi connectivity index (χ4v) is 1.40. The summed E-state index contributed by atoms with van der Waals surface area (Å²) < 4.78 is 9.91. The average Bonchev–Trinajstić information content (AvgIpc) is 2.39. The first kappa shape index (κ1) is 16.1. The van der Waals surface area contributed by atoms with Crippen molar-refractivity contribution in [3.63, 3.8) is 0 Å². The summed E-state index contributed by atoms with van der Waals surface area (Å²) in [6, 6.07) is 6.81. The van der Waals surface area contributed by atoms with Crippen LogP contribution in [0.4, 0.5) is 11.4 Å². The van der Waals surface area contributed by atoms with Gasteiger partial charge >= 0.3 is 0 Å². The number of anilines is 2. The lowest BCUT2D eigenvalue weighted by molar-refractivity contribution is -0.122. The summed E-state index contributed by atoms with van der Waals surface area (Å²) in [6.45, 7) is 3.75. The number of amides is 2. The third-order valence-corrected chi connectivity index (χ3v) is 2.28. The molecule has 2 amide bonds. The van der Waals surface area contributed by atoms with Crippen molar-refractivity contribution in [1.82, 2.24) is 0 Å². The van der Waals surface area contributed by atoms with E-state index < -0.39 is 0 Å². The molecule has 0 saturated heterocycles. The van der Waals surface area contributed by atoms with E-state index in [1.807, 2.05) is 13.8 Å². The summed E-state index contributed by atoms with van der Waals surface area (Å²) >= 11 is 0. The van der Waals surface area contributed by atoms with Crippen molar-refractivity contribution in [3.05, 3.63) is 24.3 Å². The first-order chi connectivity index (χ1) is 9.51. The van der Waals surface area contributed by atoms with Gasteiger partial charge in [0.05, 0.1) is 6.10 Å². The third-order valence-electron chi connectivity index (χ3n) is 2.28. The van der Waals surface area contributed by atoms with Crippen molar-refractivity contribution in [2.75, 3.05) is 31.0 Å². The smallest absolute Gasteiger partial charge is 0.250 e. The lowest BCUT2D eigenvalue weighted by Crippen LogP contribution is -2.20. The lowest BCUT2D eigenvalue weighted by Gasteiger charge is -2.09. The van der Waals surface area contributed by atoms with E-state index in [0.717, 1.165) is 0 Å². The molecule has 110 valence electrons. The first-order valence-electron chi connectivity index (χ1n) is 6.31. The monoisotopic (exact) mass is 280 g/mol. The van der Waals surface area contributed by atoms with Gasteiger partial charge < -0.3 is 20.1 Å². The van der Waals surface area contributed by atoms with Gasteiger partial charge in [-0.1, -0.05) is 0 Å². The maximum atomic E-state index is 11.5. The van der Waals surface area contributed by atoms with E-state index in [2.05, 4.69) is 10.6 Å². The molecule has 0 aliphatic heterocycles. The minimum Gasteiger partial charge on any atom is -0.375 e. The van der Waals surface area contributed by atoms with E-state index in [9.17, 15) is 9.59 Å². The number of ether oxygens (including phenoxy) is 2. The van der Waals surface area contributed by atoms with Crippen molar-refractivity contribution >= 4 is 23.2 Å². The molecule has 6 heteroatoms. The van der Waals surface area contributed by atoms with Crippen LogP contribution in [0.1, 0.15) is 13.8 Å². The zero-order valence-electron chi connectivity index (χ0n) is 11.9. The van der Waals surface area contributed by atoms with Crippen molar-refractivity contribution in [1.29, 1.82) is 0 Å². The summed E-state index contributed by atoms with van der Waals surface area (Å²) in [5.74, 6) is -0.440. The molecule has 0 radical (unpaired) electrons. The molecule has 0 bridgehead atoms. The highest BCUT2D eigenvalue weighted by Crippen LogP contribution is 2.13. The van der Waals surface area contributed by atoms with E-state index in [-0.39, 0.29) is 31.1 Å². The minimum atomic E-state index is -0.227. The topological polar surface area (TPSA) is 76.7 Å². The number of hydrogen-bond acceptors (Lipinski definition) is 4. The van der Waals surface area contributed by atoms with E-state index in [1.54, 1.807) is 24.3 Å². The Morgan fingerprint density at radius 1 is 1.00 bits per heavy atom. The van der Waals surface area contributed by atoms with Crippen LogP contribution in [0.5, 0.6) is 0 Å². The summed E-state index contributed by atoms with van der Waals surface area (Å²) in [5.41, 5.74) is 1.29. The van der Waals surface area contributed by atoms with Gasteiger partial charge in [-0.25, -0.2) is 0 Å². The maximum absolute atomic E-state index is 11.5. The van der Waals surface area contributed by atoms with Gasteiger partial charge in [0.15, 0.2) is 0 Å². The Morgan fingerprint density at radius 2 is 1.45 bits per heavy atom. The average molecular weight is 280 g/mol. The minimum absolute atomic E-state index is 0.00499. The Balaban J connectivity index is 2.46. The van der Waals surface area contributed by atoms with Crippen molar-refractivity contribution in [2.45, 2.75) is 20.0 Å². The molecule has 0 aromatic heterocycles. The molecule has 1 aromatic carbocycles. The molecule has 0 aliphatic carbocycles. The van der Waals surface area contributed by atoms with Crippen LogP contribution in [0.25, 0.3) is 0 Å². The van der Waals surface area contributed by atoms with Crippen LogP contribution in [0.2, 0.25) is 0 Å². The van der Waals surface area contributed by atoms with Gasteiger partial charge in [-0.05, 0) is 38.1 Å². The summed E-state index contributed by atoms with van der Waals surface area (Å²) in [6.07, 6.45) is 0.0131. The highest BCUT2D eigenvalue weighted by atomic mass is 16.5. The van der Waals surface area contributed by atoms with E-state index in [0.29, 0.717) is 11.4 Å². The molecule has 20 heavy (non-hydrogen) atoms. The number of carbonyl (C=O) groups is 2. The fourth-order valence-electron chi connectivity index (χ4n) is 1.40. The molecule has 0 unspecified atom stereocenters. The third kappa shape index (κ3) is 6.31. The molecular weight excluding hydrogens is 260 g/mol. The molecule has 0 heterocycles. The van der Waals surface area contributed by atoms with Crippen LogP contribution in [0.3, 0.4) is 0 Å².